The van der Waals surface area contributed by atoms with Crippen LogP contribution in [-0.4, -0.2) is 37.0 Å². The normalized spacial score (nSPS) is 16.7. The summed E-state index contributed by atoms with van der Waals surface area (Å²) >= 11 is 0. The fraction of sp³-hybridized carbons (Fsp3) is 0.286. The number of ether oxygens (including phenoxy) is 3. The molecule has 0 aliphatic carbocycles. The third kappa shape index (κ3) is 3.48. The Morgan fingerprint density at radius 3 is 2.78 bits per heavy atom. The summed E-state index contributed by atoms with van der Waals surface area (Å²) in [6.07, 6.45) is 1.36. The second-order valence-electron chi connectivity index (χ2n) is 6.65. The molecule has 1 aliphatic rings. The summed E-state index contributed by atoms with van der Waals surface area (Å²) < 4.78 is 18.4. The molecule has 0 N–H and O–H groups in total. The topological polar surface area (TPSA) is 52.9 Å². The molecule has 1 aliphatic heterocycles. The van der Waals surface area contributed by atoms with Gasteiger partial charge in [0, 0.05) is 31.8 Å². The third-order valence-electron chi connectivity index (χ3n) is 4.71. The lowest BCUT2D eigenvalue weighted by atomic mass is 10.2. The highest BCUT2D eigenvalue weighted by atomic mass is 16.6. The van der Waals surface area contributed by atoms with Crippen LogP contribution in [0.2, 0.25) is 0 Å². The second-order valence-corrected chi connectivity index (χ2v) is 6.65. The number of benzene rings is 2. The molecule has 3 aromatic rings. The second kappa shape index (κ2) is 7.32. The van der Waals surface area contributed by atoms with Crippen molar-refractivity contribution < 1.29 is 19.0 Å². The van der Waals surface area contributed by atoms with E-state index in [4.69, 9.17) is 14.2 Å². The number of hydrogen-bond donors (Lipinski definition) is 0. The van der Waals surface area contributed by atoms with E-state index in [0.717, 1.165) is 27.9 Å². The first-order valence-corrected chi connectivity index (χ1v) is 8.88. The Labute approximate surface area is 157 Å². The van der Waals surface area contributed by atoms with Crippen molar-refractivity contribution in [3.05, 3.63) is 60.3 Å². The molecule has 27 heavy (non-hydrogen) atoms. The Bertz CT molecular complexity index is 951. The summed E-state index contributed by atoms with van der Waals surface area (Å²) in [4.78, 5) is 13.9. The van der Waals surface area contributed by atoms with E-state index in [9.17, 15) is 4.79 Å². The number of aryl methyl sites for hydroxylation is 1. The minimum absolute atomic E-state index is 0.244. The molecule has 2 heterocycles. The monoisotopic (exact) mass is 366 g/mol. The summed E-state index contributed by atoms with van der Waals surface area (Å²) in [6.45, 7) is 1.39. The Balaban J connectivity index is 1.57. The van der Waals surface area contributed by atoms with Crippen molar-refractivity contribution in [3.8, 4) is 5.75 Å². The Morgan fingerprint density at radius 2 is 2.00 bits per heavy atom. The minimum atomic E-state index is -0.339. The molecular weight excluding hydrogens is 344 g/mol. The number of nitrogens with zero attached hydrogens (tertiary/aromatic N) is 2. The maximum absolute atomic E-state index is 12.3. The van der Waals surface area contributed by atoms with Gasteiger partial charge in [0.25, 0.3) is 0 Å². The Kier molecular flexibility index (Phi) is 4.73. The quantitative estimate of drug-likeness (QED) is 0.667. The standard InChI is InChI=1S/C21H22N2O4/c1-22-12-20(23-11-17(14-25-2)27-21(23)24)18-9-8-16(10-19(18)22)26-13-15-6-4-3-5-7-15/h3-10,12,17H,11,13-14H2,1-2H3. The van der Waals surface area contributed by atoms with Gasteiger partial charge in [-0.25, -0.2) is 4.79 Å². The highest BCUT2D eigenvalue weighted by molar-refractivity contribution is 6.02. The van der Waals surface area contributed by atoms with E-state index in [1.54, 1.807) is 12.0 Å². The van der Waals surface area contributed by atoms with Gasteiger partial charge in [-0.15, -0.1) is 0 Å². The maximum atomic E-state index is 12.3. The van der Waals surface area contributed by atoms with Gasteiger partial charge in [0.1, 0.15) is 18.5 Å². The average Bonchev–Trinajstić information content (AvgIpc) is 3.20. The van der Waals surface area contributed by atoms with E-state index < -0.39 is 0 Å². The Hall–Kier alpha value is -2.99. The first-order chi connectivity index (χ1) is 13.2. The number of fused-ring (bicyclic) bond motifs is 1. The van der Waals surface area contributed by atoms with Crippen molar-refractivity contribution in [2.45, 2.75) is 12.7 Å². The zero-order valence-corrected chi connectivity index (χ0v) is 15.4. The average molecular weight is 366 g/mol. The zero-order chi connectivity index (χ0) is 18.8. The van der Waals surface area contributed by atoms with Crippen LogP contribution >= 0.6 is 0 Å². The minimum Gasteiger partial charge on any atom is -0.489 e. The lowest BCUT2D eigenvalue weighted by molar-refractivity contribution is 0.0718. The van der Waals surface area contributed by atoms with E-state index >= 15 is 0 Å². The molecule has 2 aromatic carbocycles. The molecule has 1 fully saturated rings. The number of carbonyl (C=O) groups excluding carboxylic acids is 1. The van der Waals surface area contributed by atoms with Crippen LogP contribution in [0.5, 0.6) is 5.75 Å². The molecule has 1 amide bonds. The van der Waals surface area contributed by atoms with Gasteiger partial charge >= 0.3 is 6.09 Å². The summed E-state index contributed by atoms with van der Waals surface area (Å²) in [5, 5.41) is 0.986. The predicted molar refractivity (Wildman–Crippen MR) is 103 cm³/mol. The largest absolute Gasteiger partial charge is 0.489 e. The number of rotatable bonds is 6. The SMILES string of the molecule is COCC1CN(c2cn(C)c3cc(OCc4ccccc4)ccc23)C(=O)O1. The number of anilines is 1. The lowest BCUT2D eigenvalue weighted by Crippen LogP contribution is -2.25. The van der Waals surface area contributed by atoms with E-state index in [-0.39, 0.29) is 12.2 Å². The highest BCUT2D eigenvalue weighted by Gasteiger charge is 2.33. The molecule has 6 heteroatoms. The summed E-state index contributed by atoms with van der Waals surface area (Å²) in [7, 11) is 3.56. The van der Waals surface area contributed by atoms with Crippen LogP contribution < -0.4 is 9.64 Å². The predicted octanol–water partition coefficient (Wildman–Crippen LogP) is 3.73. The lowest BCUT2D eigenvalue weighted by Gasteiger charge is -2.12. The van der Waals surface area contributed by atoms with Crippen LogP contribution in [0.3, 0.4) is 0 Å². The highest BCUT2D eigenvalue weighted by Crippen LogP contribution is 2.33. The molecule has 0 radical (unpaired) electrons. The smallest absolute Gasteiger partial charge is 0.414 e. The van der Waals surface area contributed by atoms with E-state index in [2.05, 4.69) is 0 Å². The molecule has 1 unspecified atom stereocenters. The van der Waals surface area contributed by atoms with Crippen molar-refractivity contribution >= 4 is 22.7 Å². The van der Waals surface area contributed by atoms with E-state index in [1.807, 2.05) is 66.3 Å². The van der Waals surface area contributed by atoms with Gasteiger partial charge in [-0.3, -0.25) is 4.90 Å². The van der Waals surface area contributed by atoms with Crippen molar-refractivity contribution in [1.29, 1.82) is 0 Å². The molecule has 0 spiro atoms. The van der Waals surface area contributed by atoms with Crippen molar-refractivity contribution in [2.75, 3.05) is 25.2 Å². The molecule has 1 atom stereocenters. The fourth-order valence-corrected chi connectivity index (χ4v) is 3.38. The fourth-order valence-electron chi connectivity index (χ4n) is 3.38. The van der Waals surface area contributed by atoms with E-state index in [1.165, 1.54) is 0 Å². The van der Waals surface area contributed by atoms with Crippen LogP contribution in [0.4, 0.5) is 10.5 Å². The Morgan fingerprint density at radius 1 is 1.19 bits per heavy atom. The van der Waals surface area contributed by atoms with Gasteiger partial charge in [-0.1, -0.05) is 30.3 Å². The van der Waals surface area contributed by atoms with Crippen LogP contribution in [0, 0.1) is 0 Å². The van der Waals surface area contributed by atoms with Gasteiger partial charge in [-0.05, 0) is 17.7 Å². The molecular formula is C21H22N2O4. The number of carbonyl (C=O) groups is 1. The third-order valence-corrected chi connectivity index (χ3v) is 4.71. The van der Waals surface area contributed by atoms with Gasteiger partial charge in [-0.2, -0.15) is 0 Å². The molecule has 4 rings (SSSR count). The number of methoxy groups -OCH3 is 1. The van der Waals surface area contributed by atoms with Gasteiger partial charge in [0.15, 0.2) is 0 Å². The molecule has 6 nitrogen and oxygen atoms in total. The van der Waals surface area contributed by atoms with Crippen molar-refractivity contribution in [2.24, 2.45) is 7.05 Å². The van der Waals surface area contributed by atoms with Crippen LogP contribution in [0.15, 0.2) is 54.7 Å². The molecule has 0 bridgehead atoms. The van der Waals surface area contributed by atoms with E-state index in [0.29, 0.717) is 19.8 Å². The molecule has 140 valence electrons. The number of hydrogen-bond acceptors (Lipinski definition) is 4. The number of cyclic esters (lactones) is 1. The first kappa shape index (κ1) is 17.4. The van der Waals surface area contributed by atoms with Crippen LogP contribution in [0.25, 0.3) is 10.9 Å². The zero-order valence-electron chi connectivity index (χ0n) is 15.4. The van der Waals surface area contributed by atoms with Crippen LogP contribution in [-0.2, 0) is 23.1 Å². The number of aromatic nitrogens is 1. The molecule has 1 saturated heterocycles. The number of amides is 1. The van der Waals surface area contributed by atoms with Gasteiger partial charge in [0.05, 0.1) is 24.4 Å². The first-order valence-electron chi connectivity index (χ1n) is 8.88. The maximum Gasteiger partial charge on any atom is 0.414 e. The van der Waals surface area contributed by atoms with Crippen LogP contribution in [0.1, 0.15) is 5.56 Å². The molecule has 1 aromatic heterocycles. The summed E-state index contributed by atoms with van der Waals surface area (Å²) in [5.41, 5.74) is 2.96. The van der Waals surface area contributed by atoms with Crippen molar-refractivity contribution in [1.82, 2.24) is 4.57 Å². The van der Waals surface area contributed by atoms with Gasteiger partial charge in [0.2, 0.25) is 0 Å². The van der Waals surface area contributed by atoms with Crippen molar-refractivity contribution in [3.63, 3.8) is 0 Å². The summed E-state index contributed by atoms with van der Waals surface area (Å²) in [6, 6.07) is 16.0. The summed E-state index contributed by atoms with van der Waals surface area (Å²) in [5.74, 6) is 0.792. The van der Waals surface area contributed by atoms with Gasteiger partial charge < -0.3 is 18.8 Å². The molecule has 0 saturated carbocycles.